The van der Waals surface area contributed by atoms with E-state index in [-0.39, 0.29) is 0 Å². The Balaban J connectivity index is 1.96. The summed E-state index contributed by atoms with van der Waals surface area (Å²) in [4.78, 5) is 0. The van der Waals surface area contributed by atoms with E-state index in [1.54, 1.807) is 12.1 Å². The molecule has 2 rings (SSSR count). The Morgan fingerprint density at radius 1 is 1.53 bits per heavy atom. The summed E-state index contributed by atoms with van der Waals surface area (Å²) >= 11 is 0. The molecule has 0 aliphatic carbocycles. The van der Waals surface area contributed by atoms with E-state index in [2.05, 4.69) is 11.4 Å². The number of ether oxygens (including phenoxy) is 1. The Labute approximate surface area is 101 Å². The van der Waals surface area contributed by atoms with Crippen LogP contribution < -0.4 is 11.1 Å². The highest BCUT2D eigenvalue weighted by Crippen LogP contribution is 2.20. The fraction of sp³-hybridized carbons (Fsp3) is 0.462. The third-order valence-electron chi connectivity index (χ3n) is 3.00. The van der Waals surface area contributed by atoms with Crippen LogP contribution in [0.4, 0.5) is 11.4 Å². The Morgan fingerprint density at radius 2 is 2.41 bits per heavy atom. The van der Waals surface area contributed by atoms with E-state index in [0.29, 0.717) is 17.2 Å². The van der Waals surface area contributed by atoms with Gasteiger partial charge < -0.3 is 15.8 Å². The van der Waals surface area contributed by atoms with Crippen molar-refractivity contribution in [3.63, 3.8) is 0 Å². The van der Waals surface area contributed by atoms with Gasteiger partial charge in [0.1, 0.15) is 6.07 Å². The highest BCUT2D eigenvalue weighted by molar-refractivity contribution is 5.62. The molecule has 1 aromatic carbocycles. The number of nitriles is 1. The molecule has 1 saturated heterocycles. The molecule has 1 atom stereocenters. The summed E-state index contributed by atoms with van der Waals surface area (Å²) in [5.74, 6) is 0.535. The molecule has 3 N–H and O–H groups in total. The fourth-order valence-electron chi connectivity index (χ4n) is 2.03. The third kappa shape index (κ3) is 3.11. The second-order valence-corrected chi connectivity index (χ2v) is 4.38. The van der Waals surface area contributed by atoms with Crippen LogP contribution in [0.15, 0.2) is 18.2 Å². The van der Waals surface area contributed by atoms with Crippen molar-refractivity contribution < 1.29 is 4.74 Å². The summed E-state index contributed by atoms with van der Waals surface area (Å²) in [5.41, 5.74) is 7.71. The minimum Gasteiger partial charge on any atom is -0.399 e. The van der Waals surface area contributed by atoms with Crippen LogP contribution in [0.2, 0.25) is 0 Å². The van der Waals surface area contributed by atoms with Gasteiger partial charge in [-0.1, -0.05) is 0 Å². The van der Waals surface area contributed by atoms with Crippen LogP contribution in [0.1, 0.15) is 18.4 Å². The van der Waals surface area contributed by atoms with Crippen molar-refractivity contribution in [2.45, 2.75) is 12.8 Å². The van der Waals surface area contributed by atoms with Gasteiger partial charge in [-0.2, -0.15) is 5.26 Å². The molecule has 17 heavy (non-hydrogen) atoms. The zero-order valence-corrected chi connectivity index (χ0v) is 9.78. The number of nitrogen functional groups attached to an aromatic ring is 1. The largest absolute Gasteiger partial charge is 0.399 e. The van der Waals surface area contributed by atoms with Gasteiger partial charge >= 0.3 is 0 Å². The van der Waals surface area contributed by atoms with E-state index in [1.165, 1.54) is 6.42 Å². The Morgan fingerprint density at radius 3 is 3.12 bits per heavy atom. The first-order chi connectivity index (χ1) is 8.29. The van der Waals surface area contributed by atoms with Gasteiger partial charge in [-0.25, -0.2) is 0 Å². The van der Waals surface area contributed by atoms with Crippen LogP contribution in [0, 0.1) is 17.2 Å². The second-order valence-electron chi connectivity index (χ2n) is 4.38. The van der Waals surface area contributed by atoms with Crippen LogP contribution in [-0.4, -0.2) is 19.8 Å². The Hall–Kier alpha value is -1.73. The molecule has 1 fully saturated rings. The molecule has 0 spiro atoms. The zero-order chi connectivity index (χ0) is 12.1. The van der Waals surface area contributed by atoms with Gasteiger partial charge in [0, 0.05) is 18.8 Å². The van der Waals surface area contributed by atoms with Crippen LogP contribution in [-0.2, 0) is 4.74 Å². The molecular weight excluding hydrogens is 214 g/mol. The molecule has 0 amide bonds. The molecule has 0 bridgehead atoms. The zero-order valence-electron chi connectivity index (χ0n) is 9.78. The standard InChI is InChI=1S/C13H17N3O/c14-7-11-6-12(15)3-4-13(11)16-8-10-2-1-5-17-9-10/h3-4,6,10,16H,1-2,5,8-9,15H2. The van der Waals surface area contributed by atoms with E-state index in [4.69, 9.17) is 15.7 Å². The summed E-state index contributed by atoms with van der Waals surface area (Å²) in [5, 5.41) is 12.3. The predicted molar refractivity (Wildman–Crippen MR) is 67.6 cm³/mol. The number of anilines is 2. The molecule has 1 aromatic rings. The first-order valence-corrected chi connectivity index (χ1v) is 5.91. The molecule has 4 heteroatoms. The van der Waals surface area contributed by atoms with Crippen molar-refractivity contribution in [1.29, 1.82) is 5.26 Å². The van der Waals surface area contributed by atoms with Gasteiger partial charge in [0.05, 0.1) is 17.9 Å². The van der Waals surface area contributed by atoms with E-state index in [1.807, 2.05) is 6.07 Å². The van der Waals surface area contributed by atoms with Gasteiger partial charge in [-0.3, -0.25) is 0 Å². The molecule has 4 nitrogen and oxygen atoms in total. The lowest BCUT2D eigenvalue weighted by atomic mass is 10.0. The molecule has 1 heterocycles. The number of hydrogen-bond donors (Lipinski definition) is 2. The number of nitrogens with zero attached hydrogens (tertiary/aromatic N) is 1. The van der Waals surface area contributed by atoms with Crippen molar-refractivity contribution >= 4 is 11.4 Å². The molecule has 1 aliphatic rings. The monoisotopic (exact) mass is 231 g/mol. The first-order valence-electron chi connectivity index (χ1n) is 5.91. The molecule has 0 saturated carbocycles. The molecular formula is C13H17N3O. The Bertz CT molecular complexity index is 419. The van der Waals surface area contributed by atoms with Crippen molar-refractivity contribution in [1.82, 2.24) is 0 Å². The van der Waals surface area contributed by atoms with E-state index in [9.17, 15) is 0 Å². The number of hydrogen-bond acceptors (Lipinski definition) is 4. The van der Waals surface area contributed by atoms with E-state index < -0.39 is 0 Å². The summed E-state index contributed by atoms with van der Waals surface area (Å²) in [6, 6.07) is 7.51. The first kappa shape index (κ1) is 11.7. The average molecular weight is 231 g/mol. The third-order valence-corrected chi connectivity index (χ3v) is 3.00. The van der Waals surface area contributed by atoms with Gasteiger partial charge in [0.2, 0.25) is 0 Å². The lowest BCUT2D eigenvalue weighted by Crippen LogP contribution is -2.24. The van der Waals surface area contributed by atoms with Gasteiger partial charge in [-0.05, 0) is 37.0 Å². The number of nitrogens with two attached hydrogens (primary N) is 1. The molecule has 1 unspecified atom stereocenters. The van der Waals surface area contributed by atoms with E-state index in [0.717, 1.165) is 31.9 Å². The maximum atomic E-state index is 9.01. The smallest absolute Gasteiger partial charge is 0.101 e. The summed E-state index contributed by atoms with van der Waals surface area (Å²) in [6.07, 6.45) is 2.31. The lowest BCUT2D eigenvalue weighted by Gasteiger charge is -2.23. The lowest BCUT2D eigenvalue weighted by molar-refractivity contribution is 0.0595. The van der Waals surface area contributed by atoms with Gasteiger partial charge in [0.25, 0.3) is 0 Å². The SMILES string of the molecule is N#Cc1cc(N)ccc1NCC1CCCOC1. The maximum Gasteiger partial charge on any atom is 0.101 e. The molecule has 90 valence electrons. The van der Waals surface area contributed by atoms with Gasteiger partial charge in [0.15, 0.2) is 0 Å². The average Bonchev–Trinajstić information content (AvgIpc) is 2.38. The summed E-state index contributed by atoms with van der Waals surface area (Å²) in [6.45, 7) is 2.53. The molecule has 1 aliphatic heterocycles. The van der Waals surface area contributed by atoms with Gasteiger partial charge in [-0.15, -0.1) is 0 Å². The van der Waals surface area contributed by atoms with Crippen LogP contribution >= 0.6 is 0 Å². The highest BCUT2D eigenvalue weighted by Gasteiger charge is 2.14. The minimum atomic E-state index is 0.535. The quantitative estimate of drug-likeness (QED) is 0.780. The predicted octanol–water partition coefficient (Wildman–Crippen LogP) is 1.98. The number of benzene rings is 1. The summed E-state index contributed by atoms with van der Waals surface area (Å²) < 4.78 is 5.42. The number of rotatable bonds is 3. The highest BCUT2D eigenvalue weighted by atomic mass is 16.5. The number of nitrogens with one attached hydrogen (secondary N) is 1. The fourth-order valence-corrected chi connectivity index (χ4v) is 2.03. The minimum absolute atomic E-state index is 0.535. The van der Waals surface area contributed by atoms with Crippen molar-refractivity contribution in [3.05, 3.63) is 23.8 Å². The van der Waals surface area contributed by atoms with Crippen LogP contribution in [0.3, 0.4) is 0 Å². The van der Waals surface area contributed by atoms with Crippen molar-refractivity contribution in [3.8, 4) is 6.07 Å². The van der Waals surface area contributed by atoms with Crippen LogP contribution in [0.5, 0.6) is 0 Å². The molecule has 0 radical (unpaired) electrons. The molecule has 0 aromatic heterocycles. The second kappa shape index (κ2) is 5.55. The normalized spacial score (nSPS) is 19.6. The van der Waals surface area contributed by atoms with E-state index >= 15 is 0 Å². The maximum absolute atomic E-state index is 9.01. The van der Waals surface area contributed by atoms with Crippen LogP contribution in [0.25, 0.3) is 0 Å². The van der Waals surface area contributed by atoms with Crippen molar-refractivity contribution in [2.75, 3.05) is 30.8 Å². The van der Waals surface area contributed by atoms with Crippen molar-refractivity contribution in [2.24, 2.45) is 5.92 Å². The summed E-state index contributed by atoms with van der Waals surface area (Å²) in [7, 11) is 0. The topological polar surface area (TPSA) is 71.1 Å². The Kier molecular flexibility index (Phi) is 3.84.